The monoisotopic (exact) mass is 422 g/mol. The first-order valence-electron chi connectivity index (χ1n) is 8.03. The average molecular weight is 423 g/mol. The Kier molecular flexibility index (Phi) is 5.27. The SMILES string of the molecule is Cc1ccc(S(=O)(=O)N2CCC[C@H]2C(=O)Nc2cccc(Br)c2)cc1. The molecule has 0 aromatic heterocycles. The van der Waals surface area contributed by atoms with Crippen molar-refractivity contribution in [2.24, 2.45) is 0 Å². The number of halogens is 1. The molecule has 25 heavy (non-hydrogen) atoms. The zero-order valence-electron chi connectivity index (χ0n) is 13.8. The highest BCUT2D eigenvalue weighted by Gasteiger charge is 2.39. The molecule has 0 aliphatic carbocycles. The third-order valence-corrected chi connectivity index (χ3v) is 6.64. The number of hydrogen-bond donors (Lipinski definition) is 1. The van der Waals surface area contributed by atoms with Crippen LogP contribution in [0.1, 0.15) is 18.4 Å². The van der Waals surface area contributed by atoms with Crippen LogP contribution in [0.25, 0.3) is 0 Å². The third-order valence-electron chi connectivity index (χ3n) is 4.23. The Hall–Kier alpha value is -1.70. The van der Waals surface area contributed by atoms with Crippen LogP contribution >= 0.6 is 15.9 Å². The summed E-state index contributed by atoms with van der Waals surface area (Å²) in [7, 11) is -3.69. The van der Waals surface area contributed by atoms with E-state index in [4.69, 9.17) is 0 Å². The van der Waals surface area contributed by atoms with Crippen LogP contribution in [0.2, 0.25) is 0 Å². The van der Waals surface area contributed by atoms with Crippen LogP contribution in [0.15, 0.2) is 57.9 Å². The van der Waals surface area contributed by atoms with E-state index in [1.807, 2.05) is 19.1 Å². The molecule has 3 rings (SSSR count). The van der Waals surface area contributed by atoms with Gasteiger partial charge in [-0.15, -0.1) is 0 Å². The van der Waals surface area contributed by atoms with Gasteiger partial charge in [-0.2, -0.15) is 4.31 Å². The van der Waals surface area contributed by atoms with Gasteiger partial charge < -0.3 is 5.32 Å². The highest BCUT2D eigenvalue weighted by molar-refractivity contribution is 9.10. The van der Waals surface area contributed by atoms with Crippen molar-refractivity contribution in [2.45, 2.75) is 30.7 Å². The van der Waals surface area contributed by atoms with Crippen molar-refractivity contribution >= 4 is 37.5 Å². The van der Waals surface area contributed by atoms with Crippen LogP contribution in [-0.2, 0) is 14.8 Å². The van der Waals surface area contributed by atoms with E-state index < -0.39 is 16.1 Å². The molecule has 1 amide bonds. The molecule has 0 saturated carbocycles. The molecule has 1 aliphatic heterocycles. The smallest absolute Gasteiger partial charge is 0.243 e. The van der Waals surface area contributed by atoms with E-state index in [-0.39, 0.29) is 10.8 Å². The van der Waals surface area contributed by atoms with Gasteiger partial charge in [0, 0.05) is 16.7 Å². The predicted octanol–water partition coefficient (Wildman–Crippen LogP) is 3.55. The lowest BCUT2D eigenvalue weighted by Crippen LogP contribution is -2.43. The Labute approximate surface area is 156 Å². The zero-order chi connectivity index (χ0) is 18.0. The van der Waals surface area contributed by atoms with Crippen LogP contribution in [-0.4, -0.2) is 31.2 Å². The van der Waals surface area contributed by atoms with Crippen molar-refractivity contribution in [2.75, 3.05) is 11.9 Å². The summed E-state index contributed by atoms with van der Waals surface area (Å²) in [5.41, 5.74) is 1.63. The molecule has 1 heterocycles. The van der Waals surface area contributed by atoms with E-state index in [9.17, 15) is 13.2 Å². The molecule has 7 heteroatoms. The normalized spacial score (nSPS) is 18.2. The Balaban J connectivity index is 1.82. The van der Waals surface area contributed by atoms with Crippen molar-refractivity contribution in [3.63, 3.8) is 0 Å². The molecule has 0 bridgehead atoms. The number of hydrogen-bond acceptors (Lipinski definition) is 3. The molecule has 1 aliphatic rings. The Morgan fingerprint density at radius 2 is 1.92 bits per heavy atom. The molecule has 1 saturated heterocycles. The van der Waals surface area contributed by atoms with E-state index in [1.165, 1.54) is 4.31 Å². The van der Waals surface area contributed by atoms with Gasteiger partial charge in [0.2, 0.25) is 15.9 Å². The van der Waals surface area contributed by atoms with Crippen LogP contribution in [0.4, 0.5) is 5.69 Å². The second-order valence-corrected chi connectivity index (χ2v) is 8.89. The van der Waals surface area contributed by atoms with E-state index in [0.29, 0.717) is 25.1 Å². The lowest BCUT2D eigenvalue weighted by molar-refractivity contribution is -0.119. The van der Waals surface area contributed by atoms with Crippen LogP contribution in [0, 0.1) is 6.92 Å². The van der Waals surface area contributed by atoms with E-state index >= 15 is 0 Å². The summed E-state index contributed by atoms with van der Waals surface area (Å²) in [5, 5.41) is 2.81. The molecule has 2 aromatic carbocycles. The summed E-state index contributed by atoms with van der Waals surface area (Å²) in [5.74, 6) is -0.300. The molecule has 0 unspecified atom stereocenters. The van der Waals surface area contributed by atoms with E-state index in [0.717, 1.165) is 10.0 Å². The summed E-state index contributed by atoms with van der Waals surface area (Å²) >= 11 is 3.36. The largest absolute Gasteiger partial charge is 0.325 e. The second-order valence-electron chi connectivity index (χ2n) is 6.09. The number of carbonyl (C=O) groups excluding carboxylic acids is 1. The number of carbonyl (C=O) groups is 1. The van der Waals surface area contributed by atoms with Gasteiger partial charge in [0.25, 0.3) is 0 Å². The fourth-order valence-corrected chi connectivity index (χ4v) is 4.98. The molecule has 132 valence electrons. The molecule has 2 aromatic rings. The van der Waals surface area contributed by atoms with Gasteiger partial charge in [0.05, 0.1) is 4.90 Å². The maximum absolute atomic E-state index is 12.9. The van der Waals surface area contributed by atoms with Gasteiger partial charge >= 0.3 is 0 Å². The number of aryl methyl sites for hydroxylation is 1. The molecule has 1 atom stereocenters. The predicted molar refractivity (Wildman–Crippen MR) is 101 cm³/mol. The first-order valence-corrected chi connectivity index (χ1v) is 10.3. The van der Waals surface area contributed by atoms with Crippen molar-refractivity contribution in [3.8, 4) is 0 Å². The molecule has 0 radical (unpaired) electrons. The van der Waals surface area contributed by atoms with E-state index in [1.54, 1.807) is 36.4 Å². The Morgan fingerprint density at radius 1 is 1.20 bits per heavy atom. The van der Waals surface area contributed by atoms with E-state index in [2.05, 4.69) is 21.2 Å². The van der Waals surface area contributed by atoms with Crippen molar-refractivity contribution in [3.05, 3.63) is 58.6 Å². The lowest BCUT2D eigenvalue weighted by atomic mass is 10.2. The zero-order valence-corrected chi connectivity index (χ0v) is 16.2. The number of benzene rings is 2. The highest BCUT2D eigenvalue weighted by atomic mass is 79.9. The maximum Gasteiger partial charge on any atom is 0.243 e. The Morgan fingerprint density at radius 3 is 2.60 bits per heavy atom. The van der Waals surface area contributed by atoms with Crippen LogP contribution in [0.3, 0.4) is 0 Å². The highest BCUT2D eigenvalue weighted by Crippen LogP contribution is 2.27. The fraction of sp³-hybridized carbons (Fsp3) is 0.278. The number of nitrogens with one attached hydrogen (secondary N) is 1. The van der Waals surface area contributed by atoms with Gasteiger partial charge in [-0.3, -0.25) is 4.79 Å². The molecule has 1 N–H and O–H groups in total. The van der Waals surface area contributed by atoms with Gasteiger partial charge in [-0.1, -0.05) is 39.7 Å². The van der Waals surface area contributed by atoms with Gasteiger partial charge in [-0.05, 0) is 50.1 Å². The molecule has 1 fully saturated rings. The molecule has 5 nitrogen and oxygen atoms in total. The van der Waals surface area contributed by atoms with Crippen molar-refractivity contribution in [1.29, 1.82) is 0 Å². The number of rotatable bonds is 4. The number of nitrogens with zero attached hydrogens (tertiary/aromatic N) is 1. The molecule has 0 spiro atoms. The first-order chi connectivity index (χ1) is 11.9. The average Bonchev–Trinajstić information content (AvgIpc) is 3.06. The Bertz CT molecular complexity index is 881. The standard InChI is InChI=1S/C18H19BrN2O3S/c1-13-7-9-16(10-8-13)25(23,24)21-11-3-6-17(21)18(22)20-15-5-2-4-14(19)12-15/h2,4-5,7-10,12,17H,3,6,11H2,1H3,(H,20,22)/t17-/m0/s1. The summed E-state index contributed by atoms with van der Waals surface area (Å²) in [6.07, 6.45) is 1.19. The topological polar surface area (TPSA) is 66.5 Å². The second kappa shape index (κ2) is 7.27. The lowest BCUT2D eigenvalue weighted by Gasteiger charge is -2.23. The maximum atomic E-state index is 12.9. The summed E-state index contributed by atoms with van der Waals surface area (Å²) in [4.78, 5) is 12.9. The number of amides is 1. The summed E-state index contributed by atoms with van der Waals surface area (Å²) in [6, 6.07) is 13.2. The summed E-state index contributed by atoms with van der Waals surface area (Å²) < 4.78 is 28.0. The quantitative estimate of drug-likeness (QED) is 0.818. The van der Waals surface area contributed by atoms with Crippen LogP contribution in [0.5, 0.6) is 0 Å². The van der Waals surface area contributed by atoms with Gasteiger partial charge in [0.1, 0.15) is 6.04 Å². The third kappa shape index (κ3) is 3.94. The minimum atomic E-state index is -3.69. The van der Waals surface area contributed by atoms with Crippen LogP contribution < -0.4 is 5.32 Å². The summed E-state index contributed by atoms with van der Waals surface area (Å²) in [6.45, 7) is 2.26. The minimum Gasteiger partial charge on any atom is -0.325 e. The van der Waals surface area contributed by atoms with Crippen molar-refractivity contribution < 1.29 is 13.2 Å². The number of anilines is 1. The first kappa shape index (κ1) is 18.1. The van der Waals surface area contributed by atoms with Gasteiger partial charge in [-0.25, -0.2) is 8.42 Å². The van der Waals surface area contributed by atoms with Gasteiger partial charge in [0.15, 0.2) is 0 Å². The minimum absolute atomic E-state index is 0.222. The molecular formula is C18H19BrN2O3S. The molecular weight excluding hydrogens is 404 g/mol. The number of sulfonamides is 1. The van der Waals surface area contributed by atoms with Crippen molar-refractivity contribution in [1.82, 2.24) is 4.31 Å². The fourth-order valence-electron chi connectivity index (χ4n) is 2.93.